The monoisotopic (exact) mass is 505 g/mol. The molecule has 7 nitrogen and oxygen atoms in total. The number of rotatable bonds is 10. The Hall–Kier alpha value is -4.24. The molecule has 0 aliphatic rings. The molecule has 0 bridgehead atoms. The van der Waals surface area contributed by atoms with E-state index in [9.17, 15) is 19.4 Å². The Bertz CT molecular complexity index is 1340. The van der Waals surface area contributed by atoms with Crippen LogP contribution in [0.15, 0.2) is 90.1 Å². The number of phenolic OH excluding ortho intramolecular Hbond substituents is 2. The van der Waals surface area contributed by atoms with E-state index in [0.717, 1.165) is 10.6 Å². The topological polar surface area (TPSA) is 104 Å². The Morgan fingerprint density at radius 1 is 0.972 bits per heavy atom. The van der Waals surface area contributed by atoms with Crippen LogP contribution in [0.3, 0.4) is 0 Å². The zero-order valence-electron chi connectivity index (χ0n) is 19.1. The molecule has 4 rings (SSSR count). The standard InChI is InChI=1S/C27H24FN3O4S/c28-19-7-10-25(32)24(15-19)18-4-1-6-22(14-18)36-31-20-8-9-23(26(33)16-20)27(34)35-13-3-12-30-21-5-2-11-29-17-21/h1-2,4-11,14-17,30-33H,3,12-13H2. The number of aromatic hydroxyl groups is 2. The van der Waals surface area contributed by atoms with Gasteiger partial charge in [0, 0.05) is 41.2 Å². The number of halogens is 1. The Morgan fingerprint density at radius 3 is 2.67 bits per heavy atom. The quantitative estimate of drug-likeness (QED) is 0.117. The van der Waals surface area contributed by atoms with E-state index in [-0.39, 0.29) is 23.7 Å². The summed E-state index contributed by atoms with van der Waals surface area (Å²) in [5.41, 5.74) is 2.60. The summed E-state index contributed by atoms with van der Waals surface area (Å²) >= 11 is 1.27. The molecular weight excluding hydrogens is 481 g/mol. The number of nitrogens with one attached hydrogen (secondary N) is 2. The largest absolute Gasteiger partial charge is 0.507 e. The van der Waals surface area contributed by atoms with E-state index in [1.807, 2.05) is 18.2 Å². The number of anilines is 2. The first-order valence-electron chi connectivity index (χ1n) is 11.2. The van der Waals surface area contributed by atoms with Gasteiger partial charge < -0.3 is 25.0 Å². The fourth-order valence-corrected chi connectivity index (χ4v) is 4.06. The molecule has 0 fully saturated rings. The van der Waals surface area contributed by atoms with Crippen molar-refractivity contribution in [3.05, 3.63) is 96.6 Å². The van der Waals surface area contributed by atoms with Crippen LogP contribution in [0.5, 0.6) is 11.5 Å². The molecule has 0 unspecified atom stereocenters. The van der Waals surface area contributed by atoms with E-state index < -0.39 is 11.8 Å². The van der Waals surface area contributed by atoms with Gasteiger partial charge in [0.25, 0.3) is 0 Å². The summed E-state index contributed by atoms with van der Waals surface area (Å²) in [6.07, 6.45) is 4.01. The molecule has 0 radical (unpaired) electrons. The van der Waals surface area contributed by atoms with Gasteiger partial charge in [0.15, 0.2) is 0 Å². The lowest BCUT2D eigenvalue weighted by Crippen LogP contribution is -2.10. The number of phenols is 2. The average molecular weight is 506 g/mol. The summed E-state index contributed by atoms with van der Waals surface area (Å²) in [6.45, 7) is 0.823. The molecule has 36 heavy (non-hydrogen) atoms. The minimum absolute atomic E-state index is 0.0105. The second kappa shape index (κ2) is 11.9. The van der Waals surface area contributed by atoms with Crippen molar-refractivity contribution in [1.82, 2.24) is 4.98 Å². The van der Waals surface area contributed by atoms with E-state index in [4.69, 9.17) is 4.74 Å². The van der Waals surface area contributed by atoms with Crippen LogP contribution in [-0.4, -0.2) is 34.3 Å². The third kappa shape index (κ3) is 6.67. The number of pyridine rings is 1. The van der Waals surface area contributed by atoms with Gasteiger partial charge in [-0.1, -0.05) is 12.1 Å². The van der Waals surface area contributed by atoms with Crippen LogP contribution in [0.1, 0.15) is 16.8 Å². The van der Waals surface area contributed by atoms with Gasteiger partial charge in [0.05, 0.1) is 12.3 Å². The normalized spacial score (nSPS) is 10.6. The molecule has 4 N–H and O–H groups in total. The number of hydrogen-bond donors (Lipinski definition) is 4. The number of esters is 1. The minimum Gasteiger partial charge on any atom is -0.507 e. The highest BCUT2D eigenvalue weighted by Crippen LogP contribution is 2.33. The first-order valence-corrected chi connectivity index (χ1v) is 12.0. The molecule has 184 valence electrons. The molecule has 0 atom stereocenters. The highest BCUT2D eigenvalue weighted by Gasteiger charge is 2.13. The van der Waals surface area contributed by atoms with Gasteiger partial charge in [-0.25, -0.2) is 9.18 Å². The van der Waals surface area contributed by atoms with Crippen molar-refractivity contribution in [3.63, 3.8) is 0 Å². The van der Waals surface area contributed by atoms with Crippen molar-refractivity contribution in [2.75, 3.05) is 23.2 Å². The van der Waals surface area contributed by atoms with Crippen LogP contribution in [-0.2, 0) is 4.74 Å². The van der Waals surface area contributed by atoms with Crippen molar-refractivity contribution in [3.8, 4) is 22.6 Å². The van der Waals surface area contributed by atoms with Crippen LogP contribution in [0.2, 0.25) is 0 Å². The zero-order valence-corrected chi connectivity index (χ0v) is 20.0. The predicted octanol–water partition coefficient (Wildman–Crippen LogP) is 6.08. The van der Waals surface area contributed by atoms with Gasteiger partial charge in [-0.3, -0.25) is 4.98 Å². The number of nitrogens with zero attached hydrogens (tertiary/aromatic N) is 1. The minimum atomic E-state index is -0.601. The predicted molar refractivity (Wildman–Crippen MR) is 139 cm³/mol. The lowest BCUT2D eigenvalue weighted by Gasteiger charge is -2.11. The second-order valence-corrected chi connectivity index (χ2v) is 8.66. The Kier molecular flexibility index (Phi) is 8.25. The third-order valence-electron chi connectivity index (χ3n) is 5.15. The van der Waals surface area contributed by atoms with E-state index in [2.05, 4.69) is 15.0 Å². The summed E-state index contributed by atoms with van der Waals surface area (Å²) < 4.78 is 22.0. The van der Waals surface area contributed by atoms with Crippen molar-refractivity contribution in [1.29, 1.82) is 0 Å². The number of carbonyl (C=O) groups is 1. The number of aromatic nitrogens is 1. The maximum absolute atomic E-state index is 13.6. The molecule has 0 aliphatic heterocycles. The van der Waals surface area contributed by atoms with Crippen molar-refractivity contribution < 1.29 is 24.1 Å². The molecule has 9 heteroatoms. The Balaban J connectivity index is 1.29. The number of ether oxygens (including phenoxy) is 1. The number of benzene rings is 3. The van der Waals surface area contributed by atoms with Crippen molar-refractivity contribution in [2.24, 2.45) is 0 Å². The van der Waals surface area contributed by atoms with Gasteiger partial charge in [-0.15, -0.1) is 0 Å². The molecule has 4 aromatic rings. The van der Waals surface area contributed by atoms with E-state index >= 15 is 0 Å². The number of carbonyl (C=O) groups excluding carboxylic acids is 1. The van der Waals surface area contributed by atoms with Crippen LogP contribution in [0.25, 0.3) is 11.1 Å². The highest BCUT2D eigenvalue weighted by molar-refractivity contribution is 8.00. The zero-order chi connectivity index (χ0) is 25.3. The Morgan fingerprint density at radius 2 is 1.86 bits per heavy atom. The van der Waals surface area contributed by atoms with Crippen molar-refractivity contribution >= 4 is 29.3 Å². The summed E-state index contributed by atoms with van der Waals surface area (Å²) in [5, 5.41) is 23.6. The average Bonchev–Trinajstić information content (AvgIpc) is 2.89. The SMILES string of the molecule is O=C(OCCCNc1cccnc1)c1ccc(NSc2cccc(-c3cc(F)ccc3O)c2)cc1O. The van der Waals surface area contributed by atoms with Gasteiger partial charge in [-0.05, 0) is 78.5 Å². The fourth-order valence-electron chi connectivity index (χ4n) is 3.37. The third-order valence-corrected chi connectivity index (χ3v) is 5.98. The van der Waals surface area contributed by atoms with E-state index in [0.29, 0.717) is 29.8 Å². The molecule has 0 spiro atoms. The molecule has 0 saturated carbocycles. The lowest BCUT2D eigenvalue weighted by atomic mass is 10.0. The summed E-state index contributed by atoms with van der Waals surface area (Å²) in [4.78, 5) is 17.1. The molecule has 1 heterocycles. The van der Waals surface area contributed by atoms with Crippen LogP contribution < -0.4 is 10.0 Å². The number of hydrogen-bond acceptors (Lipinski definition) is 8. The summed E-state index contributed by atoms with van der Waals surface area (Å²) in [7, 11) is 0. The summed E-state index contributed by atoms with van der Waals surface area (Å²) in [5.74, 6) is -1.24. The fraction of sp³-hybridized carbons (Fsp3) is 0.111. The van der Waals surface area contributed by atoms with E-state index in [1.165, 1.54) is 42.3 Å². The lowest BCUT2D eigenvalue weighted by molar-refractivity contribution is 0.0500. The molecule has 0 amide bonds. The molecule has 1 aromatic heterocycles. The summed E-state index contributed by atoms with van der Waals surface area (Å²) in [6, 6.07) is 19.4. The maximum atomic E-state index is 13.6. The maximum Gasteiger partial charge on any atom is 0.341 e. The first-order chi connectivity index (χ1) is 17.5. The van der Waals surface area contributed by atoms with Crippen molar-refractivity contribution in [2.45, 2.75) is 11.3 Å². The van der Waals surface area contributed by atoms with Crippen LogP contribution >= 0.6 is 11.9 Å². The highest BCUT2D eigenvalue weighted by atomic mass is 32.2. The van der Waals surface area contributed by atoms with Crippen LogP contribution in [0.4, 0.5) is 15.8 Å². The van der Waals surface area contributed by atoms with Gasteiger partial charge in [0.2, 0.25) is 0 Å². The first kappa shape index (κ1) is 24.9. The molecular formula is C27H24FN3O4S. The Labute approximate surface area is 212 Å². The molecule has 0 saturated heterocycles. The smallest absolute Gasteiger partial charge is 0.341 e. The van der Waals surface area contributed by atoms with Crippen LogP contribution in [0, 0.1) is 5.82 Å². The van der Waals surface area contributed by atoms with Gasteiger partial charge >= 0.3 is 5.97 Å². The van der Waals surface area contributed by atoms with Gasteiger partial charge in [-0.2, -0.15) is 0 Å². The van der Waals surface area contributed by atoms with E-state index in [1.54, 1.807) is 36.7 Å². The second-order valence-electron chi connectivity index (χ2n) is 7.78. The molecule has 3 aromatic carbocycles. The molecule has 0 aliphatic carbocycles. The van der Waals surface area contributed by atoms with Gasteiger partial charge in [0.1, 0.15) is 22.9 Å².